The van der Waals surface area contributed by atoms with Gasteiger partial charge in [-0.1, -0.05) is 48.5 Å². The SMILES string of the molecule is CCCN1C(=O)C(C(C)(C)C)=C(C(C)(C)C)CS1(=O)=O. The first-order valence-corrected chi connectivity index (χ1v) is 8.72. The molecule has 0 spiro atoms. The molecular weight excluding hydrogens is 274 g/mol. The molecule has 0 saturated carbocycles. The van der Waals surface area contributed by atoms with Crippen LogP contribution in [0.2, 0.25) is 0 Å². The second kappa shape index (κ2) is 5.17. The van der Waals surface area contributed by atoms with Crippen molar-refractivity contribution in [1.29, 1.82) is 0 Å². The maximum atomic E-state index is 12.7. The molecule has 0 aliphatic carbocycles. The van der Waals surface area contributed by atoms with Gasteiger partial charge in [0, 0.05) is 12.1 Å². The van der Waals surface area contributed by atoms with E-state index in [1.807, 2.05) is 48.5 Å². The van der Waals surface area contributed by atoms with E-state index in [0.717, 1.165) is 9.88 Å². The second-order valence-corrected chi connectivity index (χ2v) is 9.38. The normalized spacial score (nSPS) is 20.6. The lowest BCUT2D eigenvalue weighted by Crippen LogP contribution is -2.48. The summed E-state index contributed by atoms with van der Waals surface area (Å²) < 4.78 is 25.8. The van der Waals surface area contributed by atoms with Crippen molar-refractivity contribution in [3.8, 4) is 0 Å². The summed E-state index contributed by atoms with van der Waals surface area (Å²) in [7, 11) is -3.53. The van der Waals surface area contributed by atoms with Gasteiger partial charge in [-0.3, -0.25) is 4.79 Å². The van der Waals surface area contributed by atoms with Gasteiger partial charge >= 0.3 is 0 Å². The van der Waals surface area contributed by atoms with Crippen LogP contribution in [0.3, 0.4) is 0 Å². The minimum absolute atomic E-state index is 0.0468. The van der Waals surface area contributed by atoms with E-state index >= 15 is 0 Å². The lowest BCUT2D eigenvalue weighted by Gasteiger charge is -2.39. The molecule has 1 aliphatic heterocycles. The average Bonchev–Trinajstić information content (AvgIpc) is 2.19. The predicted octanol–water partition coefficient (Wildman–Crippen LogP) is 2.96. The lowest BCUT2D eigenvalue weighted by molar-refractivity contribution is -0.124. The van der Waals surface area contributed by atoms with Crippen LogP contribution in [0, 0.1) is 10.8 Å². The van der Waals surface area contributed by atoms with Gasteiger partial charge in [-0.05, 0) is 22.8 Å². The van der Waals surface area contributed by atoms with Gasteiger partial charge in [-0.15, -0.1) is 0 Å². The molecule has 1 amide bonds. The summed E-state index contributed by atoms with van der Waals surface area (Å²) in [6.45, 7) is 13.9. The minimum Gasteiger partial charge on any atom is -0.268 e. The molecule has 1 heterocycles. The molecule has 116 valence electrons. The van der Waals surface area contributed by atoms with Crippen molar-refractivity contribution in [1.82, 2.24) is 4.31 Å². The van der Waals surface area contributed by atoms with E-state index in [1.54, 1.807) is 0 Å². The standard InChI is InChI=1S/C15H27NO3S/c1-8-9-16-13(17)12(15(5,6)7)11(14(2,3)4)10-20(16,18)19/h8-10H2,1-7H3. The Kier molecular flexibility index (Phi) is 4.45. The third-order valence-corrected chi connectivity index (χ3v) is 5.16. The number of sulfonamides is 1. The maximum absolute atomic E-state index is 12.7. The average molecular weight is 301 g/mol. The van der Waals surface area contributed by atoms with Gasteiger partial charge in [0.15, 0.2) is 0 Å². The number of amides is 1. The molecule has 0 bridgehead atoms. The van der Waals surface area contributed by atoms with Crippen LogP contribution >= 0.6 is 0 Å². The molecular formula is C15H27NO3S. The van der Waals surface area contributed by atoms with Gasteiger partial charge in [0.25, 0.3) is 5.91 Å². The molecule has 1 rings (SSSR count). The zero-order valence-corrected chi connectivity index (χ0v) is 14.5. The van der Waals surface area contributed by atoms with Crippen LogP contribution in [0.15, 0.2) is 11.1 Å². The number of hydrogen-bond acceptors (Lipinski definition) is 3. The van der Waals surface area contributed by atoms with E-state index in [1.165, 1.54) is 0 Å². The van der Waals surface area contributed by atoms with Crippen LogP contribution in [0.25, 0.3) is 0 Å². The van der Waals surface area contributed by atoms with Gasteiger partial charge in [-0.2, -0.15) is 0 Å². The van der Waals surface area contributed by atoms with Crippen molar-refractivity contribution in [2.75, 3.05) is 12.3 Å². The van der Waals surface area contributed by atoms with Crippen molar-refractivity contribution in [3.05, 3.63) is 11.1 Å². The molecule has 0 aromatic rings. The van der Waals surface area contributed by atoms with Gasteiger partial charge in [0.1, 0.15) is 0 Å². The van der Waals surface area contributed by atoms with Crippen molar-refractivity contribution in [2.24, 2.45) is 10.8 Å². The Balaban J connectivity index is 3.57. The first kappa shape index (κ1) is 17.2. The molecule has 0 saturated heterocycles. The first-order chi connectivity index (χ1) is 8.82. The summed E-state index contributed by atoms with van der Waals surface area (Å²) in [5.74, 6) is -0.384. The predicted molar refractivity (Wildman–Crippen MR) is 81.7 cm³/mol. The highest BCUT2D eigenvalue weighted by atomic mass is 32.2. The van der Waals surface area contributed by atoms with Crippen molar-refractivity contribution >= 4 is 15.9 Å². The zero-order valence-electron chi connectivity index (χ0n) is 13.7. The third-order valence-electron chi connectivity index (χ3n) is 3.49. The van der Waals surface area contributed by atoms with Crippen LogP contribution in [-0.4, -0.2) is 30.9 Å². The quantitative estimate of drug-likeness (QED) is 0.788. The fraction of sp³-hybridized carbons (Fsp3) is 0.800. The van der Waals surface area contributed by atoms with Crippen molar-refractivity contribution in [2.45, 2.75) is 54.9 Å². The maximum Gasteiger partial charge on any atom is 0.263 e. The fourth-order valence-corrected chi connectivity index (χ4v) is 4.42. The summed E-state index contributed by atoms with van der Waals surface area (Å²) in [5.41, 5.74) is 0.723. The summed E-state index contributed by atoms with van der Waals surface area (Å²) in [6, 6.07) is 0. The summed E-state index contributed by atoms with van der Waals surface area (Å²) in [4.78, 5) is 12.7. The lowest BCUT2D eigenvalue weighted by atomic mass is 9.75. The Morgan fingerprint density at radius 1 is 1.05 bits per heavy atom. The Labute approximate surface area is 123 Å². The van der Waals surface area contributed by atoms with E-state index < -0.39 is 10.0 Å². The van der Waals surface area contributed by atoms with Crippen LogP contribution < -0.4 is 0 Å². The number of carbonyl (C=O) groups excluding carboxylic acids is 1. The van der Waals surface area contributed by atoms with Crippen LogP contribution in [0.5, 0.6) is 0 Å². The number of carbonyl (C=O) groups is 1. The number of rotatable bonds is 2. The van der Waals surface area contributed by atoms with E-state index in [-0.39, 0.29) is 29.0 Å². The Hall–Kier alpha value is -0.840. The molecule has 0 radical (unpaired) electrons. The number of nitrogens with zero attached hydrogens (tertiary/aromatic N) is 1. The zero-order chi connectivity index (χ0) is 15.9. The van der Waals surface area contributed by atoms with Crippen LogP contribution in [0.4, 0.5) is 0 Å². The Morgan fingerprint density at radius 3 is 1.90 bits per heavy atom. The summed E-state index contributed by atoms with van der Waals surface area (Å²) in [5, 5.41) is 0. The van der Waals surface area contributed by atoms with Gasteiger partial charge in [-0.25, -0.2) is 12.7 Å². The highest BCUT2D eigenvalue weighted by Gasteiger charge is 2.44. The monoisotopic (exact) mass is 301 g/mol. The van der Waals surface area contributed by atoms with Crippen molar-refractivity contribution in [3.63, 3.8) is 0 Å². The molecule has 0 N–H and O–H groups in total. The second-order valence-electron chi connectivity index (χ2n) is 7.49. The molecule has 0 aromatic carbocycles. The highest BCUT2D eigenvalue weighted by molar-refractivity contribution is 7.89. The van der Waals surface area contributed by atoms with Crippen molar-refractivity contribution < 1.29 is 13.2 Å². The van der Waals surface area contributed by atoms with Crippen LogP contribution in [0.1, 0.15) is 54.9 Å². The number of hydrogen-bond donors (Lipinski definition) is 0. The Bertz CT molecular complexity index is 530. The summed E-state index contributed by atoms with van der Waals surface area (Å²) >= 11 is 0. The van der Waals surface area contributed by atoms with Gasteiger partial charge in [0.05, 0.1) is 5.75 Å². The highest BCUT2D eigenvalue weighted by Crippen LogP contribution is 2.41. The van der Waals surface area contributed by atoms with Gasteiger partial charge in [0.2, 0.25) is 10.0 Å². The molecule has 0 unspecified atom stereocenters. The summed E-state index contributed by atoms with van der Waals surface area (Å²) in [6.07, 6.45) is 0.632. The van der Waals surface area contributed by atoms with Crippen LogP contribution in [-0.2, 0) is 14.8 Å². The topological polar surface area (TPSA) is 54.5 Å². The Morgan fingerprint density at radius 2 is 1.55 bits per heavy atom. The molecule has 1 aliphatic rings. The smallest absolute Gasteiger partial charge is 0.263 e. The molecule has 20 heavy (non-hydrogen) atoms. The molecule has 4 nitrogen and oxygen atoms in total. The van der Waals surface area contributed by atoms with Gasteiger partial charge < -0.3 is 0 Å². The van der Waals surface area contributed by atoms with E-state index in [4.69, 9.17) is 0 Å². The first-order valence-electron chi connectivity index (χ1n) is 7.11. The minimum atomic E-state index is -3.53. The largest absolute Gasteiger partial charge is 0.268 e. The van der Waals surface area contributed by atoms with E-state index in [9.17, 15) is 13.2 Å². The molecule has 0 atom stereocenters. The third kappa shape index (κ3) is 3.25. The molecule has 5 heteroatoms. The van der Waals surface area contributed by atoms with E-state index in [2.05, 4.69) is 0 Å². The van der Waals surface area contributed by atoms with E-state index in [0.29, 0.717) is 12.0 Å². The molecule has 0 aromatic heterocycles. The molecule has 0 fully saturated rings. The fourth-order valence-electron chi connectivity index (χ4n) is 2.52.